The molecule has 8 heteroatoms. The zero-order valence-corrected chi connectivity index (χ0v) is 32.5. The summed E-state index contributed by atoms with van der Waals surface area (Å²) in [7, 11) is 0. The molecule has 0 radical (unpaired) electrons. The van der Waals surface area contributed by atoms with Gasteiger partial charge in [0.1, 0.15) is 11.9 Å². The molecular weight excluding hydrogens is 628 g/mol. The molecule has 0 aromatic carbocycles. The fourth-order valence-corrected chi connectivity index (χ4v) is 5.53. The number of aromatic nitrogens is 2. The first kappa shape index (κ1) is 44.6. The Morgan fingerprint density at radius 3 is 1.62 bits per heavy atom. The van der Waals surface area contributed by atoms with Gasteiger partial charge in [0.15, 0.2) is 0 Å². The molecule has 0 spiro atoms. The summed E-state index contributed by atoms with van der Waals surface area (Å²) in [5, 5.41) is 0. The Hall–Kier alpha value is -3.42. The average molecular weight is 697 g/mol. The van der Waals surface area contributed by atoms with Crippen LogP contribution in [0.4, 0.5) is 0 Å². The quantitative estimate of drug-likeness (QED) is 0.0283. The summed E-state index contributed by atoms with van der Waals surface area (Å²) in [4.78, 5) is 41.1. The molecule has 1 unspecified atom stereocenters. The largest absolute Gasteiger partial charge is 0.463 e. The smallest absolute Gasteiger partial charge is 0.330 e. The normalized spacial score (nSPS) is 12.3. The predicted octanol–water partition coefficient (Wildman–Crippen LogP) is 10.6. The lowest BCUT2D eigenvalue weighted by molar-refractivity contribution is -0.150. The Labute approximate surface area is 303 Å². The van der Waals surface area contributed by atoms with Crippen LogP contribution in [0.2, 0.25) is 0 Å². The van der Waals surface area contributed by atoms with Gasteiger partial charge < -0.3 is 18.8 Å². The van der Waals surface area contributed by atoms with Gasteiger partial charge in [0.2, 0.25) is 0 Å². The molecule has 0 saturated carbocycles. The molecule has 0 bridgehead atoms. The Balaban J connectivity index is 2.35. The molecule has 8 nitrogen and oxygen atoms in total. The van der Waals surface area contributed by atoms with E-state index < -0.39 is 0 Å². The third-order valence-corrected chi connectivity index (χ3v) is 8.49. The number of imidazole rings is 1. The summed E-state index contributed by atoms with van der Waals surface area (Å²) in [6.07, 6.45) is 26.4. The topological polar surface area (TPSA) is 96.7 Å². The standard InChI is InChI=1S/C42H68N2O6/c1-34(2)20-17-22-36(5)32-41(46)48-30-15-11-8-9-13-24-39(50-40(45)26-19-28-44-29-27-43-38(44)7)25-14-10-12-16-31-49-42(47)33-37(6)23-18-21-35(3)4/h20-21,27,29,32-33,39H,8-19,22-26,28,30-31H2,1-7H3/b36-32+,37-33+. The van der Waals surface area contributed by atoms with E-state index in [-0.39, 0.29) is 24.0 Å². The van der Waals surface area contributed by atoms with Crippen LogP contribution in [-0.2, 0) is 35.1 Å². The first-order valence-corrected chi connectivity index (χ1v) is 19.1. The molecule has 282 valence electrons. The second-order valence-corrected chi connectivity index (χ2v) is 14.1. The van der Waals surface area contributed by atoms with Crippen LogP contribution in [0.1, 0.15) is 157 Å². The van der Waals surface area contributed by atoms with Crippen molar-refractivity contribution in [3.05, 3.63) is 64.8 Å². The highest BCUT2D eigenvalue weighted by Crippen LogP contribution is 2.18. The number of unbranched alkanes of at least 4 members (excludes halogenated alkanes) is 7. The zero-order chi connectivity index (χ0) is 37.0. The van der Waals surface area contributed by atoms with Gasteiger partial charge in [-0.05, 0) is 119 Å². The number of allylic oxidation sites excluding steroid dienone is 6. The third kappa shape index (κ3) is 25.5. The number of nitrogens with zero attached hydrogens (tertiary/aromatic N) is 2. The Kier molecular flexibility index (Phi) is 25.2. The molecule has 50 heavy (non-hydrogen) atoms. The van der Waals surface area contributed by atoms with E-state index in [2.05, 4.69) is 49.4 Å². The first-order valence-electron chi connectivity index (χ1n) is 19.1. The predicted molar refractivity (Wildman–Crippen MR) is 204 cm³/mol. The molecule has 1 aromatic heterocycles. The van der Waals surface area contributed by atoms with Crippen LogP contribution in [0.5, 0.6) is 0 Å². The van der Waals surface area contributed by atoms with Crippen molar-refractivity contribution in [2.24, 2.45) is 0 Å². The van der Waals surface area contributed by atoms with Crippen molar-refractivity contribution >= 4 is 17.9 Å². The summed E-state index contributed by atoms with van der Waals surface area (Å²) < 4.78 is 18.8. The highest BCUT2D eigenvalue weighted by atomic mass is 16.5. The third-order valence-electron chi connectivity index (χ3n) is 8.49. The van der Waals surface area contributed by atoms with Crippen LogP contribution in [0, 0.1) is 6.92 Å². The summed E-state index contributed by atoms with van der Waals surface area (Å²) in [5.41, 5.74) is 4.66. The highest BCUT2D eigenvalue weighted by molar-refractivity contribution is 5.83. The molecule has 1 atom stereocenters. The monoisotopic (exact) mass is 697 g/mol. The summed E-state index contributed by atoms with van der Waals surface area (Å²) in [5.74, 6) is 0.305. The van der Waals surface area contributed by atoms with Crippen LogP contribution in [0.15, 0.2) is 59.0 Å². The molecule has 1 rings (SSSR count). The van der Waals surface area contributed by atoms with Gasteiger partial charge in [-0.1, -0.05) is 66.5 Å². The maximum Gasteiger partial charge on any atom is 0.330 e. The van der Waals surface area contributed by atoms with Gasteiger partial charge in [0.25, 0.3) is 0 Å². The first-order chi connectivity index (χ1) is 24.0. The Bertz CT molecular complexity index is 1230. The number of rotatable bonds is 28. The van der Waals surface area contributed by atoms with Crippen molar-refractivity contribution in [3.63, 3.8) is 0 Å². The average Bonchev–Trinajstić information content (AvgIpc) is 3.45. The Morgan fingerprint density at radius 1 is 0.680 bits per heavy atom. The van der Waals surface area contributed by atoms with Crippen LogP contribution in [0.25, 0.3) is 0 Å². The summed E-state index contributed by atoms with van der Waals surface area (Å²) >= 11 is 0. The maximum atomic E-state index is 12.7. The number of aryl methyl sites for hydroxylation is 2. The van der Waals surface area contributed by atoms with Crippen molar-refractivity contribution in [1.29, 1.82) is 0 Å². The van der Waals surface area contributed by atoms with E-state index in [4.69, 9.17) is 14.2 Å². The molecule has 1 aromatic rings. The lowest BCUT2D eigenvalue weighted by Gasteiger charge is -2.18. The molecule has 0 fully saturated rings. The van der Waals surface area contributed by atoms with Crippen molar-refractivity contribution < 1.29 is 28.6 Å². The van der Waals surface area contributed by atoms with E-state index in [9.17, 15) is 14.4 Å². The number of hydrogen-bond donors (Lipinski definition) is 0. The van der Waals surface area contributed by atoms with E-state index in [1.54, 1.807) is 18.3 Å². The number of carbonyl (C=O) groups excluding carboxylic acids is 3. The van der Waals surface area contributed by atoms with Gasteiger partial charge in [-0.2, -0.15) is 0 Å². The van der Waals surface area contributed by atoms with Gasteiger partial charge in [0.05, 0.1) is 13.2 Å². The second kappa shape index (κ2) is 28.3. The van der Waals surface area contributed by atoms with Crippen LogP contribution in [-0.4, -0.2) is 46.8 Å². The van der Waals surface area contributed by atoms with E-state index in [0.29, 0.717) is 19.6 Å². The van der Waals surface area contributed by atoms with Crippen LogP contribution >= 0.6 is 0 Å². The molecule has 0 aliphatic heterocycles. The van der Waals surface area contributed by atoms with Crippen molar-refractivity contribution in [3.8, 4) is 0 Å². The molecule has 0 amide bonds. The van der Waals surface area contributed by atoms with Crippen molar-refractivity contribution in [1.82, 2.24) is 9.55 Å². The molecular formula is C42H68N2O6. The zero-order valence-electron chi connectivity index (χ0n) is 32.5. The Morgan fingerprint density at radius 2 is 1.16 bits per heavy atom. The fraction of sp³-hybridized carbons (Fsp3) is 0.667. The summed E-state index contributed by atoms with van der Waals surface area (Å²) in [6, 6.07) is 0. The molecule has 0 saturated heterocycles. The molecule has 1 heterocycles. The minimum absolute atomic E-state index is 0.0810. The minimum Gasteiger partial charge on any atom is -0.463 e. The van der Waals surface area contributed by atoms with Gasteiger partial charge >= 0.3 is 17.9 Å². The number of ether oxygens (including phenoxy) is 3. The SMILES string of the molecule is CC(C)=CCC/C(C)=C/C(=O)OCCCCCCCC(CCCCCCOC(=O)/C=C(\C)CCC=C(C)C)OC(=O)CCCn1ccnc1C. The molecule has 0 aliphatic rings. The minimum atomic E-state index is -0.260. The number of hydrogen-bond acceptors (Lipinski definition) is 7. The maximum absolute atomic E-state index is 12.7. The van der Waals surface area contributed by atoms with Crippen molar-refractivity contribution in [2.75, 3.05) is 13.2 Å². The fourth-order valence-electron chi connectivity index (χ4n) is 5.53. The van der Waals surface area contributed by atoms with Crippen LogP contribution < -0.4 is 0 Å². The molecule has 0 N–H and O–H groups in total. The van der Waals surface area contributed by atoms with Crippen LogP contribution in [0.3, 0.4) is 0 Å². The number of carbonyl (C=O) groups is 3. The van der Waals surface area contributed by atoms with Gasteiger partial charge in [-0.3, -0.25) is 4.79 Å². The summed E-state index contributed by atoms with van der Waals surface area (Å²) in [6.45, 7) is 15.8. The van der Waals surface area contributed by atoms with E-state index in [0.717, 1.165) is 126 Å². The number of esters is 3. The van der Waals surface area contributed by atoms with Gasteiger partial charge in [-0.15, -0.1) is 0 Å². The highest BCUT2D eigenvalue weighted by Gasteiger charge is 2.15. The van der Waals surface area contributed by atoms with Gasteiger partial charge in [0, 0.05) is 37.5 Å². The molecule has 0 aliphatic carbocycles. The second-order valence-electron chi connectivity index (χ2n) is 14.1. The lowest BCUT2D eigenvalue weighted by atomic mass is 10.0. The van der Waals surface area contributed by atoms with Gasteiger partial charge in [-0.25, -0.2) is 14.6 Å². The van der Waals surface area contributed by atoms with Crippen molar-refractivity contribution in [2.45, 2.75) is 170 Å². The lowest BCUT2D eigenvalue weighted by Crippen LogP contribution is -2.19. The van der Waals surface area contributed by atoms with E-state index >= 15 is 0 Å². The van der Waals surface area contributed by atoms with E-state index in [1.165, 1.54) is 11.1 Å². The van der Waals surface area contributed by atoms with E-state index in [1.807, 2.05) is 27.0 Å².